The number of aromatic nitrogens is 1. The molecular weight excluding hydrogens is 238 g/mol. The van der Waals surface area contributed by atoms with E-state index in [2.05, 4.69) is 11.1 Å². The number of carbonyl (C=O) groups is 1. The first-order valence-electron chi connectivity index (χ1n) is 6.84. The lowest BCUT2D eigenvalue weighted by molar-refractivity contribution is -0.131. The number of benzene rings is 1. The van der Waals surface area contributed by atoms with Gasteiger partial charge in [0.1, 0.15) is 0 Å². The van der Waals surface area contributed by atoms with Crippen molar-refractivity contribution in [2.75, 3.05) is 13.1 Å². The average molecular weight is 257 g/mol. The Kier molecular flexibility index (Phi) is 3.25. The Morgan fingerprint density at radius 2 is 2.26 bits per heavy atom. The zero-order valence-corrected chi connectivity index (χ0v) is 10.9. The van der Waals surface area contributed by atoms with Crippen LogP contribution >= 0.6 is 0 Å². The van der Waals surface area contributed by atoms with Crippen molar-refractivity contribution in [3.05, 3.63) is 36.0 Å². The molecule has 2 aromatic rings. The van der Waals surface area contributed by atoms with Crippen LogP contribution in [0.25, 0.3) is 10.9 Å². The number of para-hydroxylation sites is 1. The maximum absolute atomic E-state index is 12.4. The molecule has 2 heterocycles. The smallest absolute Gasteiger partial charge is 0.227 e. The largest absolute Gasteiger partial charge is 0.361 e. The van der Waals surface area contributed by atoms with E-state index in [4.69, 9.17) is 5.73 Å². The Labute approximate surface area is 112 Å². The van der Waals surface area contributed by atoms with E-state index in [1.807, 2.05) is 29.3 Å². The number of fused-ring (bicyclic) bond motifs is 1. The predicted molar refractivity (Wildman–Crippen MR) is 75.8 cm³/mol. The molecule has 0 aliphatic carbocycles. The van der Waals surface area contributed by atoms with Crippen LogP contribution in [0.4, 0.5) is 0 Å². The van der Waals surface area contributed by atoms with E-state index in [1.165, 1.54) is 0 Å². The van der Waals surface area contributed by atoms with Gasteiger partial charge in [-0.15, -0.1) is 0 Å². The molecule has 100 valence electrons. The number of hydrogen-bond donors (Lipinski definition) is 2. The number of nitrogens with two attached hydrogens (primary N) is 1. The number of aromatic amines is 1. The van der Waals surface area contributed by atoms with Gasteiger partial charge in [-0.25, -0.2) is 0 Å². The van der Waals surface area contributed by atoms with Crippen molar-refractivity contribution in [1.82, 2.24) is 9.88 Å². The van der Waals surface area contributed by atoms with Crippen LogP contribution in [0.5, 0.6) is 0 Å². The molecule has 3 rings (SSSR count). The van der Waals surface area contributed by atoms with E-state index in [0.717, 1.165) is 35.9 Å². The molecule has 0 saturated carbocycles. The summed E-state index contributed by atoms with van der Waals surface area (Å²) >= 11 is 0. The fraction of sp³-hybridized carbons (Fsp3) is 0.400. The minimum Gasteiger partial charge on any atom is -0.361 e. The van der Waals surface area contributed by atoms with Crippen molar-refractivity contribution in [3.8, 4) is 0 Å². The monoisotopic (exact) mass is 257 g/mol. The molecule has 19 heavy (non-hydrogen) atoms. The Balaban J connectivity index is 1.79. The van der Waals surface area contributed by atoms with Crippen molar-refractivity contribution in [2.45, 2.75) is 25.3 Å². The van der Waals surface area contributed by atoms with Gasteiger partial charge in [-0.2, -0.15) is 0 Å². The second-order valence-electron chi connectivity index (χ2n) is 5.16. The zero-order chi connectivity index (χ0) is 13.2. The summed E-state index contributed by atoms with van der Waals surface area (Å²) in [5.41, 5.74) is 7.88. The van der Waals surface area contributed by atoms with Gasteiger partial charge in [0.15, 0.2) is 0 Å². The van der Waals surface area contributed by atoms with Crippen LogP contribution < -0.4 is 5.73 Å². The Morgan fingerprint density at radius 1 is 1.42 bits per heavy atom. The van der Waals surface area contributed by atoms with Crippen LogP contribution in [0.2, 0.25) is 0 Å². The lowest BCUT2D eigenvalue weighted by Crippen LogP contribution is -2.40. The van der Waals surface area contributed by atoms with Crippen LogP contribution in [0.15, 0.2) is 30.5 Å². The number of amides is 1. The molecule has 1 aromatic carbocycles. The molecule has 1 aliphatic rings. The van der Waals surface area contributed by atoms with Gasteiger partial charge in [0, 0.05) is 36.2 Å². The van der Waals surface area contributed by atoms with E-state index >= 15 is 0 Å². The molecule has 4 heteroatoms. The van der Waals surface area contributed by atoms with Gasteiger partial charge in [0.25, 0.3) is 0 Å². The van der Waals surface area contributed by atoms with E-state index in [1.54, 1.807) is 0 Å². The number of nitrogens with zero attached hydrogens (tertiary/aromatic N) is 1. The van der Waals surface area contributed by atoms with E-state index in [0.29, 0.717) is 13.0 Å². The molecule has 0 spiro atoms. The van der Waals surface area contributed by atoms with E-state index in [-0.39, 0.29) is 11.9 Å². The van der Waals surface area contributed by atoms with Gasteiger partial charge >= 0.3 is 0 Å². The maximum Gasteiger partial charge on any atom is 0.227 e. The van der Waals surface area contributed by atoms with Crippen LogP contribution in [-0.4, -0.2) is 34.9 Å². The van der Waals surface area contributed by atoms with E-state index in [9.17, 15) is 4.79 Å². The SMILES string of the molecule is NC[C@@H]1CCCN1C(=O)Cc1c[nH]c2ccccc12. The van der Waals surface area contributed by atoms with Gasteiger partial charge in [-0.3, -0.25) is 4.79 Å². The molecule has 1 aromatic heterocycles. The third kappa shape index (κ3) is 2.24. The van der Waals surface area contributed by atoms with Gasteiger partial charge in [0.2, 0.25) is 5.91 Å². The number of nitrogens with one attached hydrogen (secondary N) is 1. The van der Waals surface area contributed by atoms with Gasteiger partial charge in [0.05, 0.1) is 6.42 Å². The summed E-state index contributed by atoms with van der Waals surface area (Å²) in [7, 11) is 0. The van der Waals surface area contributed by atoms with Crippen LogP contribution in [0, 0.1) is 0 Å². The Bertz CT molecular complexity index is 590. The molecule has 0 radical (unpaired) electrons. The molecule has 0 bridgehead atoms. The molecule has 0 unspecified atom stereocenters. The number of H-pyrrole nitrogens is 1. The molecule has 3 N–H and O–H groups in total. The topological polar surface area (TPSA) is 62.1 Å². The van der Waals surface area contributed by atoms with Crippen molar-refractivity contribution in [2.24, 2.45) is 5.73 Å². The second kappa shape index (κ2) is 5.05. The molecule has 1 atom stereocenters. The highest BCUT2D eigenvalue weighted by Gasteiger charge is 2.27. The number of rotatable bonds is 3. The fourth-order valence-corrected chi connectivity index (χ4v) is 2.95. The number of likely N-dealkylation sites (tertiary alicyclic amines) is 1. The van der Waals surface area contributed by atoms with E-state index < -0.39 is 0 Å². The van der Waals surface area contributed by atoms with Crippen LogP contribution in [0.1, 0.15) is 18.4 Å². The second-order valence-corrected chi connectivity index (χ2v) is 5.16. The van der Waals surface area contributed by atoms with Crippen molar-refractivity contribution >= 4 is 16.8 Å². The summed E-state index contributed by atoms with van der Waals surface area (Å²) < 4.78 is 0. The summed E-state index contributed by atoms with van der Waals surface area (Å²) in [6.45, 7) is 1.42. The van der Waals surface area contributed by atoms with Crippen LogP contribution in [-0.2, 0) is 11.2 Å². The minimum absolute atomic E-state index is 0.192. The van der Waals surface area contributed by atoms with Crippen LogP contribution in [0.3, 0.4) is 0 Å². The summed E-state index contributed by atoms with van der Waals surface area (Å²) in [5, 5.41) is 1.14. The van der Waals surface area contributed by atoms with Gasteiger partial charge < -0.3 is 15.6 Å². The minimum atomic E-state index is 0.192. The van der Waals surface area contributed by atoms with Gasteiger partial charge in [-0.05, 0) is 24.5 Å². The summed E-state index contributed by atoms with van der Waals surface area (Å²) in [6.07, 6.45) is 4.51. The molecule has 4 nitrogen and oxygen atoms in total. The third-order valence-electron chi connectivity index (χ3n) is 3.99. The van der Waals surface area contributed by atoms with Gasteiger partial charge in [-0.1, -0.05) is 18.2 Å². The molecule has 1 aliphatic heterocycles. The first-order chi connectivity index (χ1) is 9.29. The number of hydrogen-bond acceptors (Lipinski definition) is 2. The number of carbonyl (C=O) groups excluding carboxylic acids is 1. The highest BCUT2D eigenvalue weighted by Crippen LogP contribution is 2.21. The molecule has 1 amide bonds. The quantitative estimate of drug-likeness (QED) is 0.878. The lowest BCUT2D eigenvalue weighted by Gasteiger charge is -2.23. The Morgan fingerprint density at radius 3 is 3.11 bits per heavy atom. The molecule has 1 fully saturated rings. The zero-order valence-electron chi connectivity index (χ0n) is 10.9. The normalized spacial score (nSPS) is 19.2. The summed E-state index contributed by atoms with van der Waals surface area (Å²) in [5.74, 6) is 0.192. The molecular formula is C15H19N3O. The first kappa shape index (κ1) is 12.2. The third-order valence-corrected chi connectivity index (χ3v) is 3.99. The van der Waals surface area contributed by atoms with Crippen molar-refractivity contribution in [3.63, 3.8) is 0 Å². The Hall–Kier alpha value is -1.81. The molecule has 1 saturated heterocycles. The standard InChI is InChI=1S/C15H19N3O/c16-9-12-4-3-7-18(12)15(19)8-11-10-17-14-6-2-1-5-13(11)14/h1-2,5-6,10,12,17H,3-4,7-9,16H2/t12-/m0/s1. The highest BCUT2D eigenvalue weighted by atomic mass is 16.2. The predicted octanol–water partition coefficient (Wildman–Crippen LogP) is 1.66. The highest BCUT2D eigenvalue weighted by molar-refractivity contribution is 5.89. The van der Waals surface area contributed by atoms with Crippen molar-refractivity contribution in [1.29, 1.82) is 0 Å². The first-order valence-corrected chi connectivity index (χ1v) is 6.84. The average Bonchev–Trinajstić information content (AvgIpc) is 3.05. The fourth-order valence-electron chi connectivity index (χ4n) is 2.95. The summed E-state index contributed by atoms with van der Waals surface area (Å²) in [4.78, 5) is 17.5. The summed E-state index contributed by atoms with van der Waals surface area (Å²) in [6, 6.07) is 8.32. The lowest BCUT2D eigenvalue weighted by atomic mass is 10.1. The van der Waals surface area contributed by atoms with Crippen molar-refractivity contribution < 1.29 is 4.79 Å². The maximum atomic E-state index is 12.4.